The minimum Gasteiger partial charge on any atom is -0.290 e. The van der Waals surface area contributed by atoms with Gasteiger partial charge in [0.15, 0.2) is 0 Å². The van der Waals surface area contributed by atoms with E-state index in [0.717, 1.165) is 0 Å². The van der Waals surface area contributed by atoms with Crippen molar-refractivity contribution in [2.75, 3.05) is 0 Å². The summed E-state index contributed by atoms with van der Waals surface area (Å²) in [5.41, 5.74) is 2.45. The normalized spacial score (nSPS) is 9.27. The van der Waals surface area contributed by atoms with Crippen molar-refractivity contribution in [2.45, 2.75) is 0 Å². The Morgan fingerprint density at radius 1 is 1.64 bits per heavy atom. The molecule has 58 valence electrons. The molecule has 0 saturated heterocycles. The molecule has 0 fully saturated rings. The summed E-state index contributed by atoms with van der Waals surface area (Å²) >= 11 is 3.14. The number of carbonyl (C=O) groups is 1. The molecule has 11 heavy (non-hydrogen) atoms. The van der Waals surface area contributed by atoms with Crippen molar-refractivity contribution in [3.05, 3.63) is 28.5 Å². The Hall–Kier alpha value is -0.940. The van der Waals surface area contributed by atoms with E-state index in [-0.39, 0.29) is 5.91 Å². The number of nitrogens with two attached hydrogens (primary N) is 1. The van der Waals surface area contributed by atoms with Crippen LogP contribution >= 0.6 is 15.9 Å². The SMILES string of the molecule is NNC(=O)c1ccc(Br)nc1. The van der Waals surface area contributed by atoms with Crippen LogP contribution in [0.2, 0.25) is 0 Å². The Morgan fingerprint density at radius 3 is 2.82 bits per heavy atom. The number of nitrogen functional groups attached to an aromatic ring is 1. The summed E-state index contributed by atoms with van der Waals surface area (Å²) in [5.74, 6) is 4.56. The molecule has 0 aliphatic carbocycles. The predicted molar refractivity (Wildman–Crippen MR) is 43.6 cm³/mol. The second-order valence-electron chi connectivity index (χ2n) is 1.84. The average molecular weight is 216 g/mol. The smallest absolute Gasteiger partial charge is 0.266 e. The molecule has 0 aliphatic rings. The summed E-state index contributed by atoms with van der Waals surface area (Å²) < 4.78 is 0.686. The lowest BCUT2D eigenvalue weighted by Gasteiger charge is -1.96. The Bertz CT molecular complexity index is 259. The topological polar surface area (TPSA) is 68.0 Å². The largest absolute Gasteiger partial charge is 0.290 e. The molecule has 0 saturated carbocycles. The van der Waals surface area contributed by atoms with Crippen molar-refractivity contribution < 1.29 is 4.79 Å². The van der Waals surface area contributed by atoms with Gasteiger partial charge in [-0.15, -0.1) is 0 Å². The molecule has 0 aromatic carbocycles. The van der Waals surface area contributed by atoms with E-state index < -0.39 is 0 Å². The van der Waals surface area contributed by atoms with Gasteiger partial charge in [-0.25, -0.2) is 10.8 Å². The fraction of sp³-hybridized carbons (Fsp3) is 0. The minimum atomic E-state index is -0.343. The first-order valence-electron chi connectivity index (χ1n) is 2.86. The fourth-order valence-corrected chi connectivity index (χ4v) is 0.828. The Labute approximate surface area is 71.9 Å². The molecule has 4 nitrogen and oxygen atoms in total. The molecule has 1 amide bonds. The molecule has 1 aromatic heterocycles. The van der Waals surface area contributed by atoms with Crippen LogP contribution in [0, 0.1) is 0 Å². The van der Waals surface area contributed by atoms with E-state index in [2.05, 4.69) is 20.9 Å². The monoisotopic (exact) mass is 215 g/mol. The zero-order valence-corrected chi connectivity index (χ0v) is 7.13. The van der Waals surface area contributed by atoms with E-state index in [0.29, 0.717) is 10.2 Å². The molecule has 3 N–H and O–H groups in total. The maximum atomic E-state index is 10.8. The highest BCUT2D eigenvalue weighted by atomic mass is 79.9. The first-order chi connectivity index (χ1) is 5.24. The van der Waals surface area contributed by atoms with Crippen LogP contribution in [-0.2, 0) is 0 Å². The van der Waals surface area contributed by atoms with Gasteiger partial charge in [-0.3, -0.25) is 10.2 Å². The molecular formula is C6H6BrN3O. The van der Waals surface area contributed by atoms with Crippen molar-refractivity contribution in [1.29, 1.82) is 0 Å². The van der Waals surface area contributed by atoms with Crippen LogP contribution in [-0.4, -0.2) is 10.9 Å². The van der Waals surface area contributed by atoms with Gasteiger partial charge in [0.25, 0.3) is 5.91 Å². The molecule has 5 heteroatoms. The van der Waals surface area contributed by atoms with Crippen LogP contribution in [0.3, 0.4) is 0 Å². The molecule has 0 bridgehead atoms. The number of carbonyl (C=O) groups excluding carboxylic acids is 1. The number of halogens is 1. The molecule has 0 atom stereocenters. The van der Waals surface area contributed by atoms with Gasteiger partial charge in [-0.1, -0.05) is 0 Å². The van der Waals surface area contributed by atoms with E-state index in [9.17, 15) is 4.79 Å². The number of amides is 1. The standard InChI is InChI=1S/C6H6BrN3O/c7-5-2-1-4(3-9-5)6(11)10-8/h1-3H,8H2,(H,10,11). The number of nitrogens with one attached hydrogen (secondary N) is 1. The number of hydrazine groups is 1. The van der Waals surface area contributed by atoms with Crippen LogP contribution in [0.4, 0.5) is 0 Å². The van der Waals surface area contributed by atoms with Gasteiger partial charge in [-0.2, -0.15) is 0 Å². The van der Waals surface area contributed by atoms with E-state index in [1.807, 2.05) is 5.43 Å². The summed E-state index contributed by atoms with van der Waals surface area (Å²) in [5, 5.41) is 0. The van der Waals surface area contributed by atoms with Crippen molar-refractivity contribution >= 4 is 21.8 Å². The average Bonchev–Trinajstić information content (AvgIpc) is 2.05. The third-order valence-corrected chi connectivity index (χ3v) is 1.59. The molecule has 1 heterocycles. The van der Waals surface area contributed by atoms with Gasteiger partial charge in [0.1, 0.15) is 4.60 Å². The highest BCUT2D eigenvalue weighted by molar-refractivity contribution is 9.10. The first kappa shape index (κ1) is 8.16. The third-order valence-electron chi connectivity index (χ3n) is 1.12. The maximum Gasteiger partial charge on any atom is 0.266 e. The summed E-state index contributed by atoms with van der Waals surface area (Å²) in [7, 11) is 0. The Kier molecular flexibility index (Phi) is 2.56. The number of hydrogen-bond acceptors (Lipinski definition) is 3. The second-order valence-corrected chi connectivity index (χ2v) is 2.66. The van der Waals surface area contributed by atoms with Gasteiger partial charge in [-0.05, 0) is 28.1 Å². The number of rotatable bonds is 1. The minimum absolute atomic E-state index is 0.343. The Morgan fingerprint density at radius 2 is 2.36 bits per heavy atom. The van der Waals surface area contributed by atoms with E-state index in [4.69, 9.17) is 5.84 Å². The second kappa shape index (κ2) is 3.45. The maximum absolute atomic E-state index is 10.8. The van der Waals surface area contributed by atoms with E-state index in [1.54, 1.807) is 12.1 Å². The number of aromatic nitrogens is 1. The van der Waals surface area contributed by atoms with Crippen molar-refractivity contribution in [2.24, 2.45) is 5.84 Å². The summed E-state index contributed by atoms with van der Waals surface area (Å²) in [4.78, 5) is 14.7. The highest BCUT2D eigenvalue weighted by Crippen LogP contribution is 2.05. The lowest BCUT2D eigenvalue weighted by atomic mass is 10.3. The van der Waals surface area contributed by atoms with Crippen LogP contribution in [0.25, 0.3) is 0 Å². The quantitative estimate of drug-likeness (QED) is 0.310. The van der Waals surface area contributed by atoms with Gasteiger partial charge in [0, 0.05) is 6.20 Å². The van der Waals surface area contributed by atoms with Crippen LogP contribution < -0.4 is 11.3 Å². The molecule has 0 spiro atoms. The van der Waals surface area contributed by atoms with Crippen LogP contribution in [0.15, 0.2) is 22.9 Å². The summed E-state index contributed by atoms with van der Waals surface area (Å²) in [6.45, 7) is 0. The predicted octanol–water partition coefficient (Wildman–Crippen LogP) is 0.448. The molecule has 1 aromatic rings. The first-order valence-corrected chi connectivity index (χ1v) is 3.66. The zero-order valence-electron chi connectivity index (χ0n) is 5.54. The number of nitrogens with zero attached hydrogens (tertiary/aromatic N) is 1. The highest BCUT2D eigenvalue weighted by Gasteiger charge is 2.01. The molecule has 0 unspecified atom stereocenters. The van der Waals surface area contributed by atoms with Crippen molar-refractivity contribution in [3.63, 3.8) is 0 Å². The van der Waals surface area contributed by atoms with Crippen LogP contribution in [0.5, 0.6) is 0 Å². The van der Waals surface area contributed by atoms with E-state index in [1.165, 1.54) is 6.20 Å². The zero-order chi connectivity index (χ0) is 8.27. The van der Waals surface area contributed by atoms with Gasteiger partial charge >= 0.3 is 0 Å². The number of hydrogen-bond donors (Lipinski definition) is 2. The van der Waals surface area contributed by atoms with Crippen molar-refractivity contribution in [3.8, 4) is 0 Å². The van der Waals surface area contributed by atoms with Crippen molar-refractivity contribution in [1.82, 2.24) is 10.4 Å². The molecule has 1 rings (SSSR count). The lowest BCUT2D eigenvalue weighted by Crippen LogP contribution is -2.29. The fourth-order valence-electron chi connectivity index (χ4n) is 0.593. The molecule has 0 aliphatic heterocycles. The summed E-state index contributed by atoms with van der Waals surface area (Å²) in [6, 6.07) is 3.30. The third kappa shape index (κ3) is 1.99. The van der Waals surface area contributed by atoms with Crippen LogP contribution in [0.1, 0.15) is 10.4 Å². The Balaban J connectivity index is 2.90. The lowest BCUT2D eigenvalue weighted by molar-refractivity contribution is 0.0953. The molecular weight excluding hydrogens is 210 g/mol. The van der Waals surface area contributed by atoms with Gasteiger partial charge < -0.3 is 0 Å². The summed E-state index contributed by atoms with van der Waals surface area (Å²) in [6.07, 6.45) is 1.44. The van der Waals surface area contributed by atoms with Gasteiger partial charge in [0.05, 0.1) is 5.56 Å². The van der Waals surface area contributed by atoms with Gasteiger partial charge in [0.2, 0.25) is 0 Å². The molecule has 0 radical (unpaired) electrons. The number of pyridine rings is 1. The van der Waals surface area contributed by atoms with E-state index >= 15 is 0 Å².